The average molecular weight is 251 g/mol. The lowest BCUT2D eigenvalue weighted by Crippen LogP contribution is -2.37. The maximum atomic E-state index is 10.9. The minimum atomic E-state index is -0.929. The normalized spacial score (nSPS) is 23.0. The zero-order valence-electron chi connectivity index (χ0n) is 10.3. The zero-order chi connectivity index (χ0) is 13.2. The highest BCUT2D eigenvalue weighted by Crippen LogP contribution is 2.20. The Balaban J connectivity index is 2.02. The molecule has 1 aromatic rings. The van der Waals surface area contributed by atoms with E-state index < -0.39 is 11.6 Å². The van der Waals surface area contributed by atoms with Gasteiger partial charge in [-0.2, -0.15) is 0 Å². The van der Waals surface area contributed by atoms with Gasteiger partial charge in [-0.3, -0.25) is 0 Å². The van der Waals surface area contributed by atoms with Crippen molar-refractivity contribution < 1.29 is 19.7 Å². The second kappa shape index (κ2) is 4.96. The number of aromatic carboxylic acids is 1. The molecule has 0 saturated carbocycles. The van der Waals surface area contributed by atoms with Crippen LogP contribution in [0.4, 0.5) is 5.69 Å². The van der Waals surface area contributed by atoms with Crippen molar-refractivity contribution in [2.75, 3.05) is 25.1 Å². The van der Waals surface area contributed by atoms with Crippen molar-refractivity contribution in [3.63, 3.8) is 0 Å². The first-order valence-electron chi connectivity index (χ1n) is 5.88. The molecule has 2 rings (SSSR count). The molecule has 1 unspecified atom stereocenters. The van der Waals surface area contributed by atoms with Gasteiger partial charge in [0.2, 0.25) is 0 Å². The lowest BCUT2D eigenvalue weighted by Gasteiger charge is -2.21. The molecule has 1 heterocycles. The van der Waals surface area contributed by atoms with E-state index in [0.717, 1.165) is 5.69 Å². The van der Waals surface area contributed by atoms with Crippen LogP contribution in [0, 0.1) is 6.92 Å². The number of rotatable bonds is 4. The topological polar surface area (TPSA) is 78.8 Å². The largest absolute Gasteiger partial charge is 0.478 e. The van der Waals surface area contributed by atoms with Gasteiger partial charge < -0.3 is 20.3 Å². The highest BCUT2D eigenvalue weighted by atomic mass is 16.5. The molecule has 5 nitrogen and oxygen atoms in total. The van der Waals surface area contributed by atoms with Crippen molar-refractivity contribution in [3.8, 4) is 0 Å². The third kappa shape index (κ3) is 2.80. The van der Waals surface area contributed by atoms with Gasteiger partial charge in [0.05, 0.1) is 12.2 Å². The maximum absolute atomic E-state index is 10.9. The van der Waals surface area contributed by atoms with Gasteiger partial charge >= 0.3 is 5.97 Å². The predicted octanol–water partition coefficient (Wildman–Crippen LogP) is 1.26. The fraction of sp³-hybridized carbons (Fsp3) is 0.462. The summed E-state index contributed by atoms with van der Waals surface area (Å²) in [5, 5.41) is 22.1. The number of hydrogen-bond donors (Lipinski definition) is 3. The lowest BCUT2D eigenvalue weighted by molar-refractivity contribution is 0.0382. The number of carbonyl (C=O) groups is 1. The van der Waals surface area contributed by atoms with Gasteiger partial charge in [-0.25, -0.2) is 4.79 Å². The third-order valence-corrected chi connectivity index (χ3v) is 3.16. The minimum absolute atomic E-state index is 0.295. The van der Waals surface area contributed by atoms with Gasteiger partial charge in [-0.15, -0.1) is 0 Å². The molecule has 1 saturated heterocycles. The van der Waals surface area contributed by atoms with Gasteiger partial charge in [0, 0.05) is 25.3 Å². The Kier molecular flexibility index (Phi) is 3.54. The molecule has 0 bridgehead atoms. The van der Waals surface area contributed by atoms with Gasteiger partial charge in [0.1, 0.15) is 5.60 Å². The molecular weight excluding hydrogens is 234 g/mol. The molecule has 0 spiro atoms. The molecule has 3 N–H and O–H groups in total. The Labute approximate surface area is 105 Å². The van der Waals surface area contributed by atoms with E-state index in [0.29, 0.717) is 37.3 Å². The summed E-state index contributed by atoms with van der Waals surface area (Å²) in [5.41, 5.74) is 0.975. The van der Waals surface area contributed by atoms with E-state index in [9.17, 15) is 9.90 Å². The van der Waals surface area contributed by atoms with Crippen LogP contribution in [0.2, 0.25) is 0 Å². The van der Waals surface area contributed by atoms with E-state index >= 15 is 0 Å². The molecule has 0 radical (unpaired) electrons. The SMILES string of the molecule is Cc1cc(NCC2(O)CCOC2)ccc1C(=O)O. The number of ether oxygens (including phenoxy) is 1. The van der Waals surface area contributed by atoms with Crippen LogP contribution in [-0.2, 0) is 4.74 Å². The molecular formula is C13H17NO4. The molecule has 1 aliphatic rings. The highest BCUT2D eigenvalue weighted by molar-refractivity contribution is 5.89. The van der Waals surface area contributed by atoms with E-state index in [4.69, 9.17) is 9.84 Å². The zero-order valence-corrected chi connectivity index (χ0v) is 10.3. The summed E-state index contributed by atoms with van der Waals surface area (Å²) in [6.07, 6.45) is 0.617. The lowest BCUT2D eigenvalue weighted by atomic mass is 10.0. The molecule has 5 heteroatoms. The standard InChI is InChI=1S/C13H17NO4/c1-9-6-10(2-3-11(9)12(15)16)14-7-13(17)4-5-18-8-13/h2-3,6,14,17H,4-5,7-8H2,1H3,(H,15,16). The van der Waals surface area contributed by atoms with Crippen LogP contribution in [0.3, 0.4) is 0 Å². The fourth-order valence-corrected chi connectivity index (χ4v) is 2.02. The van der Waals surface area contributed by atoms with Crippen LogP contribution in [0.5, 0.6) is 0 Å². The van der Waals surface area contributed by atoms with E-state index in [-0.39, 0.29) is 0 Å². The van der Waals surface area contributed by atoms with Crippen molar-refractivity contribution in [2.45, 2.75) is 18.9 Å². The Morgan fingerprint density at radius 3 is 2.89 bits per heavy atom. The van der Waals surface area contributed by atoms with Gasteiger partial charge in [0.15, 0.2) is 0 Å². The summed E-state index contributed by atoms with van der Waals surface area (Å²) in [6, 6.07) is 5.04. The van der Waals surface area contributed by atoms with Gasteiger partial charge in [-0.1, -0.05) is 0 Å². The van der Waals surface area contributed by atoms with E-state index in [1.807, 2.05) is 0 Å². The smallest absolute Gasteiger partial charge is 0.335 e. The quantitative estimate of drug-likeness (QED) is 0.750. The number of carboxylic acids is 1. The minimum Gasteiger partial charge on any atom is -0.478 e. The van der Waals surface area contributed by atoms with Crippen molar-refractivity contribution in [1.82, 2.24) is 0 Å². The number of anilines is 1. The summed E-state index contributed by atoms with van der Waals surface area (Å²) in [5.74, 6) is -0.929. The summed E-state index contributed by atoms with van der Waals surface area (Å²) in [6.45, 7) is 3.07. The van der Waals surface area contributed by atoms with Gasteiger partial charge in [-0.05, 0) is 30.7 Å². The molecule has 1 aromatic carbocycles. The Bertz CT molecular complexity index is 452. The van der Waals surface area contributed by atoms with Crippen molar-refractivity contribution >= 4 is 11.7 Å². The number of carboxylic acid groups (broad SMARTS) is 1. The molecule has 98 valence electrons. The molecule has 18 heavy (non-hydrogen) atoms. The van der Waals surface area contributed by atoms with Crippen LogP contribution in [0.25, 0.3) is 0 Å². The van der Waals surface area contributed by atoms with E-state index in [2.05, 4.69) is 5.32 Å². The van der Waals surface area contributed by atoms with Crippen LogP contribution in [0.15, 0.2) is 18.2 Å². The Hall–Kier alpha value is -1.59. The molecule has 1 aliphatic heterocycles. The van der Waals surface area contributed by atoms with Crippen LogP contribution in [-0.4, -0.2) is 41.5 Å². The first kappa shape index (κ1) is 12.9. The molecule has 1 atom stereocenters. The van der Waals surface area contributed by atoms with Crippen molar-refractivity contribution in [2.24, 2.45) is 0 Å². The van der Waals surface area contributed by atoms with Crippen molar-refractivity contribution in [1.29, 1.82) is 0 Å². The molecule has 1 fully saturated rings. The molecule has 0 amide bonds. The third-order valence-electron chi connectivity index (χ3n) is 3.16. The number of nitrogens with one attached hydrogen (secondary N) is 1. The van der Waals surface area contributed by atoms with Crippen LogP contribution >= 0.6 is 0 Å². The maximum Gasteiger partial charge on any atom is 0.335 e. The number of hydrogen-bond acceptors (Lipinski definition) is 4. The highest BCUT2D eigenvalue weighted by Gasteiger charge is 2.31. The Morgan fingerprint density at radius 1 is 1.56 bits per heavy atom. The van der Waals surface area contributed by atoms with Crippen LogP contribution in [0.1, 0.15) is 22.3 Å². The molecule has 0 aliphatic carbocycles. The summed E-state index contributed by atoms with van der Waals surface area (Å²) < 4.78 is 5.16. The summed E-state index contributed by atoms with van der Waals surface area (Å²) in [4.78, 5) is 10.9. The molecule has 0 aromatic heterocycles. The second-order valence-corrected chi connectivity index (χ2v) is 4.72. The van der Waals surface area contributed by atoms with Gasteiger partial charge in [0.25, 0.3) is 0 Å². The van der Waals surface area contributed by atoms with Crippen molar-refractivity contribution in [3.05, 3.63) is 29.3 Å². The van der Waals surface area contributed by atoms with E-state index in [1.54, 1.807) is 25.1 Å². The summed E-state index contributed by atoms with van der Waals surface area (Å²) >= 11 is 0. The fourth-order valence-electron chi connectivity index (χ4n) is 2.02. The van der Waals surface area contributed by atoms with E-state index in [1.165, 1.54) is 0 Å². The number of benzene rings is 1. The van der Waals surface area contributed by atoms with Crippen LogP contribution < -0.4 is 5.32 Å². The first-order valence-corrected chi connectivity index (χ1v) is 5.88. The average Bonchev–Trinajstić information content (AvgIpc) is 2.74. The Morgan fingerprint density at radius 2 is 2.33 bits per heavy atom. The monoisotopic (exact) mass is 251 g/mol. The summed E-state index contributed by atoms with van der Waals surface area (Å²) in [7, 11) is 0. The first-order chi connectivity index (χ1) is 8.50. The number of aliphatic hydroxyl groups is 1. The second-order valence-electron chi connectivity index (χ2n) is 4.72. The number of aryl methyl sites for hydroxylation is 1. The predicted molar refractivity (Wildman–Crippen MR) is 67.0 cm³/mol.